The number of halogens is 1. The Labute approximate surface area is 154 Å². The summed E-state index contributed by atoms with van der Waals surface area (Å²) < 4.78 is 11.7. The van der Waals surface area contributed by atoms with Gasteiger partial charge in [0, 0.05) is 57.1 Å². The van der Waals surface area contributed by atoms with Crippen molar-refractivity contribution >= 4 is 17.6 Å². The van der Waals surface area contributed by atoms with Crippen LogP contribution in [0.2, 0.25) is 5.02 Å². The third kappa shape index (κ3) is 4.77. The number of nitrogens with one attached hydrogen (secondary N) is 1. The highest BCUT2D eigenvalue weighted by molar-refractivity contribution is 6.30. The van der Waals surface area contributed by atoms with Crippen molar-refractivity contribution < 1.29 is 14.3 Å². The van der Waals surface area contributed by atoms with Gasteiger partial charge in [-0.05, 0) is 24.3 Å². The van der Waals surface area contributed by atoms with Gasteiger partial charge in [-0.2, -0.15) is 0 Å². The maximum Gasteiger partial charge on any atom is 0.316 e. The van der Waals surface area contributed by atoms with Gasteiger partial charge in [-0.25, -0.2) is 4.79 Å². The summed E-state index contributed by atoms with van der Waals surface area (Å²) in [6.45, 7) is 4.86. The first-order valence-corrected chi connectivity index (χ1v) is 9.08. The molecule has 2 aliphatic heterocycles. The SMILES string of the molecule is CN(C)C(=O)NC[C@H]1CO[C@@H]2CN(CCOc3ccc(Cl)cc3)C[C@H]12. The van der Waals surface area contributed by atoms with Gasteiger partial charge < -0.3 is 19.7 Å². The highest BCUT2D eigenvalue weighted by atomic mass is 35.5. The molecule has 0 bridgehead atoms. The van der Waals surface area contributed by atoms with Crippen molar-refractivity contribution in [1.82, 2.24) is 15.1 Å². The van der Waals surface area contributed by atoms with Crippen LogP contribution in [-0.2, 0) is 4.74 Å². The van der Waals surface area contributed by atoms with Crippen molar-refractivity contribution in [3.05, 3.63) is 29.3 Å². The molecule has 0 unspecified atom stereocenters. The summed E-state index contributed by atoms with van der Waals surface area (Å²) in [5.74, 6) is 1.71. The van der Waals surface area contributed by atoms with Crippen LogP contribution in [0.1, 0.15) is 0 Å². The zero-order chi connectivity index (χ0) is 17.8. The van der Waals surface area contributed by atoms with E-state index in [1.54, 1.807) is 19.0 Å². The molecule has 7 heteroatoms. The highest BCUT2D eigenvalue weighted by Crippen LogP contribution is 2.33. The van der Waals surface area contributed by atoms with E-state index >= 15 is 0 Å². The van der Waals surface area contributed by atoms with Crippen LogP contribution in [-0.4, -0.2) is 75.4 Å². The van der Waals surface area contributed by atoms with Gasteiger partial charge in [-0.15, -0.1) is 0 Å². The molecule has 0 radical (unpaired) electrons. The first-order chi connectivity index (χ1) is 12.0. The molecule has 1 aromatic carbocycles. The van der Waals surface area contributed by atoms with E-state index in [2.05, 4.69) is 10.2 Å². The van der Waals surface area contributed by atoms with Crippen molar-refractivity contribution in [2.75, 3.05) is 53.5 Å². The predicted octanol–water partition coefficient (Wildman–Crippen LogP) is 1.94. The maximum atomic E-state index is 11.7. The molecule has 138 valence electrons. The van der Waals surface area contributed by atoms with Crippen molar-refractivity contribution in [3.63, 3.8) is 0 Å². The monoisotopic (exact) mass is 367 g/mol. The molecule has 2 heterocycles. The molecule has 3 atom stereocenters. The van der Waals surface area contributed by atoms with E-state index in [1.807, 2.05) is 24.3 Å². The van der Waals surface area contributed by atoms with Gasteiger partial charge in [0.25, 0.3) is 0 Å². The minimum Gasteiger partial charge on any atom is -0.492 e. The number of ether oxygens (including phenoxy) is 2. The number of rotatable bonds is 6. The van der Waals surface area contributed by atoms with Gasteiger partial charge in [-0.3, -0.25) is 4.90 Å². The molecule has 2 fully saturated rings. The molecule has 6 nitrogen and oxygen atoms in total. The van der Waals surface area contributed by atoms with E-state index in [0.717, 1.165) is 32.0 Å². The number of hydrogen-bond donors (Lipinski definition) is 1. The summed E-state index contributed by atoms with van der Waals surface area (Å²) >= 11 is 5.87. The lowest BCUT2D eigenvalue weighted by Crippen LogP contribution is -2.39. The average molecular weight is 368 g/mol. The number of benzene rings is 1. The Morgan fingerprint density at radius 3 is 2.84 bits per heavy atom. The number of nitrogens with zero attached hydrogens (tertiary/aromatic N) is 2. The summed E-state index contributed by atoms with van der Waals surface area (Å²) in [6, 6.07) is 7.38. The molecule has 1 N–H and O–H groups in total. The van der Waals surface area contributed by atoms with Crippen LogP contribution >= 0.6 is 11.6 Å². The van der Waals surface area contributed by atoms with Gasteiger partial charge in [0.1, 0.15) is 12.4 Å². The third-order valence-corrected chi connectivity index (χ3v) is 5.18. The van der Waals surface area contributed by atoms with Crippen molar-refractivity contribution in [1.29, 1.82) is 0 Å². The summed E-state index contributed by atoms with van der Waals surface area (Å²) in [6.07, 6.45) is 0.275. The van der Waals surface area contributed by atoms with E-state index in [1.165, 1.54) is 0 Å². The van der Waals surface area contributed by atoms with E-state index in [9.17, 15) is 4.79 Å². The van der Waals surface area contributed by atoms with Crippen LogP contribution in [0, 0.1) is 11.8 Å². The van der Waals surface area contributed by atoms with E-state index < -0.39 is 0 Å². The lowest BCUT2D eigenvalue weighted by Gasteiger charge is -2.21. The Kier molecular flexibility index (Phi) is 6.04. The Balaban J connectivity index is 1.40. The molecule has 25 heavy (non-hydrogen) atoms. The number of fused-ring (bicyclic) bond motifs is 1. The fraction of sp³-hybridized carbons (Fsp3) is 0.611. The van der Waals surface area contributed by atoms with Crippen LogP contribution in [0.5, 0.6) is 5.75 Å². The highest BCUT2D eigenvalue weighted by Gasteiger charge is 2.43. The molecule has 1 aromatic rings. The Morgan fingerprint density at radius 2 is 2.12 bits per heavy atom. The summed E-state index contributed by atoms with van der Waals surface area (Å²) in [5.41, 5.74) is 0. The number of hydrogen-bond acceptors (Lipinski definition) is 4. The van der Waals surface area contributed by atoms with Crippen LogP contribution in [0.25, 0.3) is 0 Å². The maximum absolute atomic E-state index is 11.7. The standard InChI is InChI=1S/C18H26ClN3O3/c1-21(2)18(23)20-9-13-12-25-17-11-22(10-16(13)17)7-8-24-15-5-3-14(19)4-6-15/h3-6,13,16-17H,7-12H2,1-2H3,(H,20,23)/t13-,16+,17+/m0/s1. The van der Waals surface area contributed by atoms with E-state index in [0.29, 0.717) is 30.0 Å². The zero-order valence-electron chi connectivity index (χ0n) is 14.8. The summed E-state index contributed by atoms with van der Waals surface area (Å²) in [5, 5.41) is 3.69. The van der Waals surface area contributed by atoms with Crippen LogP contribution < -0.4 is 10.1 Å². The molecule has 0 aliphatic carbocycles. The molecule has 3 rings (SSSR count). The smallest absolute Gasteiger partial charge is 0.316 e. The van der Waals surface area contributed by atoms with Crippen molar-refractivity contribution in [3.8, 4) is 5.75 Å². The van der Waals surface area contributed by atoms with Gasteiger partial charge in [0.15, 0.2) is 0 Å². The van der Waals surface area contributed by atoms with E-state index in [-0.39, 0.29) is 12.1 Å². The predicted molar refractivity (Wildman–Crippen MR) is 97.2 cm³/mol. The largest absolute Gasteiger partial charge is 0.492 e. The third-order valence-electron chi connectivity index (χ3n) is 4.93. The fourth-order valence-corrected chi connectivity index (χ4v) is 3.60. The van der Waals surface area contributed by atoms with Gasteiger partial charge in [0.05, 0.1) is 12.7 Å². The Hall–Kier alpha value is -1.50. The second kappa shape index (κ2) is 8.25. The lowest BCUT2D eigenvalue weighted by atomic mass is 9.93. The van der Waals surface area contributed by atoms with Gasteiger partial charge >= 0.3 is 6.03 Å². The Bertz CT molecular complexity index is 581. The zero-order valence-corrected chi connectivity index (χ0v) is 15.5. The number of carbonyl (C=O) groups excluding carboxylic acids is 1. The number of carbonyl (C=O) groups is 1. The number of urea groups is 1. The number of likely N-dealkylation sites (tertiary alicyclic amines) is 1. The quantitative estimate of drug-likeness (QED) is 0.834. The minimum atomic E-state index is -0.0466. The molecule has 2 aliphatic rings. The first-order valence-electron chi connectivity index (χ1n) is 8.70. The van der Waals surface area contributed by atoms with Crippen LogP contribution in [0.3, 0.4) is 0 Å². The molecule has 0 spiro atoms. The molecule has 0 saturated carbocycles. The average Bonchev–Trinajstić information content (AvgIpc) is 3.15. The first kappa shape index (κ1) is 18.3. The Morgan fingerprint density at radius 1 is 1.36 bits per heavy atom. The minimum absolute atomic E-state index is 0.0466. The molecular formula is C18H26ClN3O3. The van der Waals surface area contributed by atoms with Crippen LogP contribution in [0.4, 0.5) is 4.79 Å². The molecule has 0 aromatic heterocycles. The summed E-state index contributed by atoms with van der Waals surface area (Å²) in [4.78, 5) is 15.6. The fourth-order valence-electron chi connectivity index (χ4n) is 3.47. The van der Waals surface area contributed by atoms with Crippen LogP contribution in [0.15, 0.2) is 24.3 Å². The molecule has 2 saturated heterocycles. The lowest BCUT2D eigenvalue weighted by molar-refractivity contribution is 0.0924. The topological polar surface area (TPSA) is 54.0 Å². The second-order valence-electron chi connectivity index (χ2n) is 6.94. The second-order valence-corrected chi connectivity index (χ2v) is 7.37. The van der Waals surface area contributed by atoms with Gasteiger partial charge in [-0.1, -0.05) is 11.6 Å². The molecule has 2 amide bonds. The summed E-state index contributed by atoms with van der Waals surface area (Å²) in [7, 11) is 3.50. The molecular weight excluding hydrogens is 342 g/mol. The van der Waals surface area contributed by atoms with Gasteiger partial charge in [0.2, 0.25) is 0 Å². The van der Waals surface area contributed by atoms with E-state index in [4.69, 9.17) is 21.1 Å². The van der Waals surface area contributed by atoms with Crippen molar-refractivity contribution in [2.45, 2.75) is 6.10 Å². The normalized spacial score (nSPS) is 25.6. The van der Waals surface area contributed by atoms with Crippen molar-refractivity contribution in [2.24, 2.45) is 11.8 Å². The number of amides is 2.